The van der Waals surface area contributed by atoms with Crippen molar-refractivity contribution >= 4 is 10.8 Å². The van der Waals surface area contributed by atoms with Crippen LogP contribution in [0.1, 0.15) is 0 Å². The van der Waals surface area contributed by atoms with E-state index in [4.69, 9.17) is 9.72 Å². The molecule has 2 aromatic heterocycles. The summed E-state index contributed by atoms with van der Waals surface area (Å²) in [4.78, 5) is 18.5. The van der Waals surface area contributed by atoms with E-state index in [1.807, 2.05) is 84.9 Å². The molecule has 0 aliphatic rings. The third-order valence-corrected chi connectivity index (χ3v) is 5.67. The van der Waals surface area contributed by atoms with Crippen molar-refractivity contribution in [2.45, 2.75) is 0 Å². The fourth-order valence-electron chi connectivity index (χ4n) is 3.91. The largest absolute Gasteiger partial charge is 0.507 e. The van der Waals surface area contributed by atoms with E-state index in [-0.39, 0.29) is 26.8 Å². The van der Waals surface area contributed by atoms with E-state index in [0.29, 0.717) is 40.2 Å². The molecule has 7 heteroatoms. The Kier molecular flexibility index (Phi) is 7.02. The maximum absolute atomic E-state index is 10.4. The Balaban J connectivity index is 0.00000280. The smallest absolute Gasteiger partial charge is 0.225 e. The van der Waals surface area contributed by atoms with Crippen LogP contribution in [-0.4, -0.2) is 25.0 Å². The Morgan fingerprint density at radius 1 is 0.649 bits per heavy atom. The summed E-state index contributed by atoms with van der Waals surface area (Å²) in [5, 5.41) is 12.4. The fourth-order valence-corrected chi connectivity index (χ4v) is 3.91. The van der Waals surface area contributed by atoms with Crippen LogP contribution in [0.25, 0.3) is 44.9 Å². The third kappa shape index (κ3) is 5.11. The zero-order chi connectivity index (χ0) is 24.3. The molecule has 0 aliphatic heterocycles. The van der Waals surface area contributed by atoms with E-state index >= 15 is 0 Å². The molecule has 6 aromatic rings. The van der Waals surface area contributed by atoms with Gasteiger partial charge in [0.25, 0.3) is 0 Å². The first-order valence-corrected chi connectivity index (χ1v) is 11.4. The molecule has 4 aromatic carbocycles. The Hall–Kier alpha value is -4.41. The fraction of sp³-hybridized carbons (Fsp3) is 0. The Morgan fingerprint density at radius 3 is 2.24 bits per heavy atom. The minimum Gasteiger partial charge on any atom is -0.507 e. The number of hydrogen-bond donors (Lipinski definition) is 1. The van der Waals surface area contributed by atoms with Crippen LogP contribution in [0, 0.1) is 6.07 Å². The van der Waals surface area contributed by atoms with Crippen LogP contribution in [0.15, 0.2) is 109 Å². The number of fused-ring (bicyclic) bond motifs is 1. The molecule has 0 radical (unpaired) electrons. The van der Waals surface area contributed by atoms with Gasteiger partial charge in [-0.05, 0) is 29.7 Å². The summed E-state index contributed by atoms with van der Waals surface area (Å²) >= 11 is 0. The van der Waals surface area contributed by atoms with E-state index in [2.05, 4.69) is 21.0 Å². The van der Waals surface area contributed by atoms with Gasteiger partial charge in [0.05, 0.1) is 11.4 Å². The first-order chi connectivity index (χ1) is 17.7. The van der Waals surface area contributed by atoms with Gasteiger partial charge >= 0.3 is 0 Å². The van der Waals surface area contributed by atoms with E-state index in [9.17, 15) is 5.11 Å². The number of ether oxygens (including phenoxy) is 1. The topological polar surface area (TPSA) is 81.0 Å². The van der Waals surface area contributed by atoms with E-state index in [1.54, 1.807) is 24.4 Å². The van der Waals surface area contributed by atoms with Crippen LogP contribution in [0.5, 0.6) is 17.4 Å². The summed E-state index contributed by atoms with van der Waals surface area (Å²) in [5.74, 6) is 2.36. The van der Waals surface area contributed by atoms with E-state index in [0.717, 1.165) is 16.3 Å². The minimum atomic E-state index is 0. The van der Waals surface area contributed by atoms with Gasteiger partial charge in [-0.25, -0.2) is 9.97 Å². The van der Waals surface area contributed by atoms with E-state index in [1.165, 1.54) is 0 Å². The predicted molar refractivity (Wildman–Crippen MR) is 138 cm³/mol. The van der Waals surface area contributed by atoms with Crippen LogP contribution in [0.3, 0.4) is 0 Å². The number of phenols is 1. The van der Waals surface area contributed by atoms with Gasteiger partial charge in [-0.15, -0.1) is 23.8 Å². The number of hydrogen-bond acceptors (Lipinski definition) is 6. The molecule has 0 atom stereocenters. The molecule has 0 bridgehead atoms. The second-order valence-electron chi connectivity index (χ2n) is 8.06. The molecule has 37 heavy (non-hydrogen) atoms. The van der Waals surface area contributed by atoms with Gasteiger partial charge in [0.1, 0.15) is 5.75 Å². The van der Waals surface area contributed by atoms with Gasteiger partial charge in [-0.1, -0.05) is 66.7 Å². The Morgan fingerprint density at radius 2 is 1.38 bits per heavy atom. The molecule has 0 saturated heterocycles. The summed E-state index contributed by atoms with van der Waals surface area (Å²) in [7, 11) is 0. The molecule has 182 valence electrons. The summed E-state index contributed by atoms with van der Waals surface area (Å²) in [6.45, 7) is 0. The van der Waals surface area contributed by atoms with Crippen molar-refractivity contribution in [3.63, 3.8) is 0 Å². The molecule has 0 amide bonds. The SMILES string of the molecule is Oc1ccccc1-c1nc(-c2[c-]c(Oc3nccc4ccccc34)ccc2)nc(-c2ccccc2)n1.[Pt]. The number of aromatic nitrogens is 4. The maximum Gasteiger partial charge on any atom is 0.225 e. The third-order valence-electron chi connectivity index (χ3n) is 5.67. The molecule has 6 rings (SSSR count). The average molecular weight is 663 g/mol. The van der Waals surface area contributed by atoms with Gasteiger partial charge in [0.15, 0.2) is 11.6 Å². The molecule has 0 saturated carbocycles. The van der Waals surface area contributed by atoms with Crippen LogP contribution in [0.2, 0.25) is 0 Å². The summed E-state index contributed by atoms with van der Waals surface area (Å²) in [6.07, 6.45) is 1.72. The van der Waals surface area contributed by atoms with Crippen molar-refractivity contribution in [3.05, 3.63) is 115 Å². The standard InChI is InChI=1S/C30H19N4O2.Pt/c35-26-16-7-6-15-25(26)29-33-27(21-10-2-1-3-11-21)32-28(34-29)22-12-8-13-23(19-22)36-30-24-14-5-4-9-20(24)17-18-31-30;/h1-18,35H;/q-1;. The minimum absolute atomic E-state index is 0. The van der Waals surface area contributed by atoms with Crippen molar-refractivity contribution in [1.29, 1.82) is 0 Å². The number of benzene rings is 4. The summed E-state index contributed by atoms with van der Waals surface area (Å²) in [5.41, 5.74) is 1.99. The number of aromatic hydroxyl groups is 1. The van der Waals surface area contributed by atoms with Crippen molar-refractivity contribution in [2.24, 2.45) is 0 Å². The van der Waals surface area contributed by atoms with Crippen LogP contribution < -0.4 is 4.74 Å². The second-order valence-corrected chi connectivity index (χ2v) is 8.06. The second kappa shape index (κ2) is 10.7. The molecule has 0 unspecified atom stereocenters. The van der Waals surface area contributed by atoms with Gasteiger partial charge in [0, 0.05) is 44.0 Å². The van der Waals surface area contributed by atoms with Gasteiger partial charge < -0.3 is 9.84 Å². The number of pyridine rings is 1. The number of para-hydroxylation sites is 1. The van der Waals surface area contributed by atoms with Crippen molar-refractivity contribution in [2.75, 3.05) is 0 Å². The van der Waals surface area contributed by atoms with Crippen molar-refractivity contribution < 1.29 is 30.9 Å². The Labute approximate surface area is 228 Å². The zero-order valence-corrected chi connectivity index (χ0v) is 21.6. The van der Waals surface area contributed by atoms with Crippen molar-refractivity contribution in [3.8, 4) is 51.5 Å². The zero-order valence-electron chi connectivity index (χ0n) is 19.4. The van der Waals surface area contributed by atoms with Crippen LogP contribution in [0.4, 0.5) is 0 Å². The number of rotatable bonds is 5. The molecule has 6 nitrogen and oxygen atoms in total. The quantitative estimate of drug-likeness (QED) is 0.207. The summed E-state index contributed by atoms with van der Waals surface area (Å²) in [6, 6.07) is 35.3. The Bertz CT molecular complexity index is 1690. The van der Waals surface area contributed by atoms with Gasteiger partial charge in [-0.2, -0.15) is 0 Å². The molecule has 2 heterocycles. The first-order valence-electron chi connectivity index (χ1n) is 11.4. The van der Waals surface area contributed by atoms with Gasteiger partial charge in [0.2, 0.25) is 5.88 Å². The number of phenolic OH excluding ortho intramolecular Hbond substituents is 1. The first kappa shape index (κ1) is 24.3. The molecular formula is C30H19N4O2Pt-. The van der Waals surface area contributed by atoms with E-state index < -0.39 is 0 Å². The van der Waals surface area contributed by atoms with Crippen LogP contribution >= 0.6 is 0 Å². The molecule has 0 aliphatic carbocycles. The summed E-state index contributed by atoms with van der Waals surface area (Å²) < 4.78 is 6.12. The van der Waals surface area contributed by atoms with Crippen LogP contribution in [-0.2, 0) is 21.1 Å². The molecular weight excluding hydrogens is 643 g/mol. The van der Waals surface area contributed by atoms with Gasteiger partial charge in [-0.3, -0.25) is 9.97 Å². The molecule has 0 spiro atoms. The predicted octanol–water partition coefficient (Wildman–Crippen LogP) is 6.72. The number of nitrogens with zero attached hydrogens (tertiary/aromatic N) is 4. The average Bonchev–Trinajstić information content (AvgIpc) is 2.94. The molecule has 1 N–H and O–H groups in total. The van der Waals surface area contributed by atoms with Crippen molar-refractivity contribution in [1.82, 2.24) is 19.9 Å². The molecule has 0 fully saturated rings. The maximum atomic E-state index is 10.4. The monoisotopic (exact) mass is 662 g/mol. The normalized spacial score (nSPS) is 10.6.